The van der Waals surface area contributed by atoms with Crippen LogP contribution in [0, 0.1) is 24.8 Å². The lowest BCUT2D eigenvalue weighted by Gasteiger charge is -2.28. The number of nitriles is 1. The van der Waals surface area contributed by atoms with E-state index in [4.69, 9.17) is 11.6 Å². The molecule has 0 saturated heterocycles. The van der Waals surface area contributed by atoms with Gasteiger partial charge in [-0.1, -0.05) is 74.0 Å². The first-order chi connectivity index (χ1) is 19.4. The maximum Gasteiger partial charge on any atom is 0.263 e. The van der Waals surface area contributed by atoms with Crippen LogP contribution in [0.2, 0.25) is 0 Å². The number of aryl methyl sites for hydroxylation is 1. The van der Waals surface area contributed by atoms with E-state index in [0.29, 0.717) is 0 Å². The van der Waals surface area contributed by atoms with E-state index < -0.39 is 0 Å². The van der Waals surface area contributed by atoms with Crippen molar-refractivity contribution in [2.45, 2.75) is 26.2 Å². The van der Waals surface area contributed by atoms with Gasteiger partial charge in [-0.3, -0.25) is 4.98 Å². The van der Waals surface area contributed by atoms with E-state index in [9.17, 15) is 5.26 Å². The molecule has 0 saturated carbocycles. The van der Waals surface area contributed by atoms with Crippen molar-refractivity contribution in [3.63, 3.8) is 0 Å². The third-order valence-corrected chi connectivity index (χ3v) is 8.57. The van der Waals surface area contributed by atoms with Gasteiger partial charge in [0.2, 0.25) is 0 Å². The topological polar surface area (TPSA) is 44.3 Å². The number of thiophene rings is 1. The van der Waals surface area contributed by atoms with Crippen molar-refractivity contribution in [1.29, 1.82) is 5.26 Å². The molecule has 0 fully saturated rings. The van der Waals surface area contributed by atoms with Gasteiger partial charge in [-0.2, -0.15) is 0 Å². The molecule has 0 spiro atoms. The molecule has 0 bridgehead atoms. The predicted molar refractivity (Wildman–Crippen MR) is 165 cm³/mol. The Balaban J connectivity index is 1.44. The van der Waals surface area contributed by atoms with Crippen molar-refractivity contribution in [2.24, 2.45) is 0 Å². The van der Waals surface area contributed by atoms with E-state index in [1.807, 2.05) is 18.3 Å². The third-order valence-electron chi connectivity index (χ3n) is 7.48. The highest BCUT2D eigenvalue weighted by Gasteiger charge is 2.39. The molecule has 6 rings (SSSR count). The summed E-state index contributed by atoms with van der Waals surface area (Å²) in [5.41, 5.74) is 9.85. The molecular formula is C35H26N4S. The molecule has 0 atom stereocenters. The summed E-state index contributed by atoms with van der Waals surface area (Å²) in [6, 6.07) is 34.0. The van der Waals surface area contributed by atoms with Gasteiger partial charge in [0.25, 0.3) is 5.70 Å². The van der Waals surface area contributed by atoms with Crippen LogP contribution >= 0.6 is 11.3 Å². The normalized spacial score (nSPS) is 13.2. The molecule has 2 heterocycles. The molecule has 2 aromatic heterocycles. The second-order valence-corrected chi connectivity index (χ2v) is 11.5. The Morgan fingerprint density at radius 1 is 0.900 bits per heavy atom. The standard InChI is InChI=1S/C35H26N4S/c1-23-10-14-27(15-11-23)39(28-16-12-25(13-17-28)24-8-6-5-7-9-24)29-19-31-33(38-22-29)34-32(35(31,2)3)20-30(40-34)18-26(21-36)37-4/h5-20,22H,1-3H3/b26-18-. The first-order valence-electron chi connectivity index (χ1n) is 13.1. The summed E-state index contributed by atoms with van der Waals surface area (Å²) in [4.78, 5) is 12.6. The molecule has 0 N–H and O–H groups in total. The fourth-order valence-corrected chi connectivity index (χ4v) is 6.57. The summed E-state index contributed by atoms with van der Waals surface area (Å²) < 4.78 is 0. The van der Waals surface area contributed by atoms with Crippen molar-refractivity contribution in [1.82, 2.24) is 4.98 Å². The number of hydrogen-bond donors (Lipinski definition) is 0. The Labute approximate surface area is 238 Å². The number of benzene rings is 3. The molecule has 192 valence electrons. The first-order valence-corrected chi connectivity index (χ1v) is 13.9. The number of anilines is 3. The lowest BCUT2D eigenvalue weighted by molar-refractivity contribution is 0.660. The lowest BCUT2D eigenvalue weighted by Crippen LogP contribution is -2.17. The zero-order valence-electron chi connectivity index (χ0n) is 22.5. The molecular weight excluding hydrogens is 508 g/mol. The second kappa shape index (κ2) is 9.97. The van der Waals surface area contributed by atoms with Crippen molar-refractivity contribution in [3.05, 3.63) is 136 Å². The van der Waals surface area contributed by atoms with Crippen LogP contribution in [-0.4, -0.2) is 4.98 Å². The minimum atomic E-state index is -0.267. The number of allylic oxidation sites excluding steroid dienone is 1. The zero-order valence-corrected chi connectivity index (χ0v) is 23.3. The highest BCUT2D eigenvalue weighted by atomic mass is 32.1. The molecule has 40 heavy (non-hydrogen) atoms. The summed E-state index contributed by atoms with van der Waals surface area (Å²) in [5.74, 6) is 0. The van der Waals surface area contributed by atoms with Gasteiger partial charge in [-0.15, -0.1) is 11.3 Å². The van der Waals surface area contributed by atoms with Crippen LogP contribution in [0.3, 0.4) is 0 Å². The molecule has 5 heteroatoms. The molecule has 0 amide bonds. The maximum atomic E-state index is 9.21. The van der Waals surface area contributed by atoms with E-state index in [1.165, 1.54) is 27.8 Å². The molecule has 1 aliphatic rings. The fourth-order valence-electron chi connectivity index (χ4n) is 5.30. The minimum Gasteiger partial charge on any atom is -0.309 e. The van der Waals surface area contributed by atoms with Crippen molar-refractivity contribution in [2.75, 3.05) is 4.90 Å². The summed E-state index contributed by atoms with van der Waals surface area (Å²) in [5, 5.41) is 9.21. The Morgan fingerprint density at radius 2 is 1.55 bits per heavy atom. The second-order valence-electron chi connectivity index (χ2n) is 10.4. The van der Waals surface area contributed by atoms with E-state index >= 15 is 0 Å². The number of aromatic nitrogens is 1. The average Bonchev–Trinajstić information content (AvgIpc) is 3.50. The van der Waals surface area contributed by atoms with Gasteiger partial charge in [0.05, 0.1) is 35.1 Å². The van der Waals surface area contributed by atoms with Crippen LogP contribution in [0.25, 0.3) is 32.6 Å². The fraction of sp³-hybridized carbons (Fsp3) is 0.114. The van der Waals surface area contributed by atoms with Gasteiger partial charge >= 0.3 is 0 Å². The molecule has 1 aliphatic carbocycles. The molecule has 4 nitrogen and oxygen atoms in total. The molecule has 0 unspecified atom stereocenters. The molecule has 0 aliphatic heterocycles. The van der Waals surface area contributed by atoms with Gasteiger partial charge < -0.3 is 4.90 Å². The number of hydrogen-bond acceptors (Lipinski definition) is 4. The van der Waals surface area contributed by atoms with E-state index in [2.05, 4.69) is 115 Å². The molecule has 5 aromatic rings. The SMILES string of the molecule is [C-]#[N+]/C(C#N)=C\c1cc2c(s1)-c1ncc(N(c3ccc(C)cc3)c3ccc(-c4ccccc4)cc3)cc1C2(C)C. The maximum absolute atomic E-state index is 9.21. The van der Waals surface area contributed by atoms with Crippen LogP contribution in [0.1, 0.15) is 35.4 Å². The van der Waals surface area contributed by atoms with E-state index in [-0.39, 0.29) is 11.1 Å². The van der Waals surface area contributed by atoms with Crippen LogP contribution < -0.4 is 4.90 Å². The number of fused-ring (bicyclic) bond motifs is 3. The summed E-state index contributed by atoms with van der Waals surface area (Å²) in [6.07, 6.45) is 3.61. The van der Waals surface area contributed by atoms with Gasteiger partial charge in [0, 0.05) is 21.7 Å². The number of pyridine rings is 1. The van der Waals surface area contributed by atoms with Gasteiger partial charge in [0.15, 0.2) is 0 Å². The highest BCUT2D eigenvalue weighted by Crippen LogP contribution is 2.53. The van der Waals surface area contributed by atoms with Crippen LogP contribution in [-0.2, 0) is 5.41 Å². The lowest BCUT2D eigenvalue weighted by atomic mass is 9.83. The zero-order chi connectivity index (χ0) is 27.9. The van der Waals surface area contributed by atoms with Crippen molar-refractivity contribution >= 4 is 34.5 Å². The Kier molecular flexibility index (Phi) is 6.31. The minimum absolute atomic E-state index is 0.0910. The molecule has 3 aromatic carbocycles. The third kappa shape index (κ3) is 4.37. The quantitative estimate of drug-likeness (QED) is 0.166. The summed E-state index contributed by atoms with van der Waals surface area (Å²) >= 11 is 1.59. The van der Waals surface area contributed by atoms with Crippen LogP contribution in [0.15, 0.2) is 103 Å². The van der Waals surface area contributed by atoms with Gasteiger partial charge in [-0.25, -0.2) is 10.1 Å². The Bertz CT molecular complexity index is 1820. The number of nitrogens with zero attached hydrogens (tertiary/aromatic N) is 4. The number of rotatable bonds is 5. The summed E-state index contributed by atoms with van der Waals surface area (Å²) in [7, 11) is 0. The van der Waals surface area contributed by atoms with Gasteiger partial charge in [-0.05, 0) is 71.7 Å². The Morgan fingerprint density at radius 3 is 2.20 bits per heavy atom. The molecule has 0 radical (unpaired) electrons. The largest absolute Gasteiger partial charge is 0.309 e. The first kappa shape index (κ1) is 25.3. The van der Waals surface area contributed by atoms with Crippen molar-refractivity contribution < 1.29 is 0 Å². The summed E-state index contributed by atoms with van der Waals surface area (Å²) in [6.45, 7) is 13.8. The highest BCUT2D eigenvalue weighted by molar-refractivity contribution is 7.16. The van der Waals surface area contributed by atoms with Crippen molar-refractivity contribution in [3.8, 4) is 27.8 Å². The smallest absolute Gasteiger partial charge is 0.263 e. The predicted octanol–water partition coefficient (Wildman–Crippen LogP) is 9.68. The van der Waals surface area contributed by atoms with E-state index in [1.54, 1.807) is 17.4 Å². The van der Waals surface area contributed by atoms with E-state index in [0.717, 1.165) is 32.5 Å². The van der Waals surface area contributed by atoms with Crippen LogP contribution in [0.5, 0.6) is 0 Å². The van der Waals surface area contributed by atoms with Gasteiger partial charge in [0.1, 0.15) is 0 Å². The van der Waals surface area contributed by atoms with Crippen LogP contribution in [0.4, 0.5) is 17.1 Å². The average molecular weight is 535 g/mol. The Hall–Kier alpha value is -4.97. The monoisotopic (exact) mass is 534 g/mol.